The minimum atomic E-state index is -0.677. The van der Waals surface area contributed by atoms with E-state index in [1.54, 1.807) is 0 Å². The Hall–Kier alpha value is 0.540. The SMILES string of the molecule is CC(C)C(O)[C@@H]1[C@@H](C)C1(Cl)Cl. The molecule has 1 aliphatic carbocycles. The lowest BCUT2D eigenvalue weighted by Crippen LogP contribution is -2.20. The average Bonchev–Trinajstić information content (AvgIpc) is 2.32. The number of halogens is 2. The Kier molecular flexibility index (Phi) is 2.44. The van der Waals surface area contributed by atoms with Gasteiger partial charge in [-0.25, -0.2) is 0 Å². The van der Waals surface area contributed by atoms with Gasteiger partial charge in [-0.1, -0.05) is 20.8 Å². The van der Waals surface area contributed by atoms with Crippen LogP contribution in [0.5, 0.6) is 0 Å². The summed E-state index contributed by atoms with van der Waals surface area (Å²) in [7, 11) is 0. The number of alkyl halides is 2. The third kappa shape index (κ3) is 1.51. The molecule has 0 saturated heterocycles. The van der Waals surface area contributed by atoms with E-state index < -0.39 is 4.33 Å². The number of aliphatic hydroxyl groups is 1. The fourth-order valence-electron chi connectivity index (χ4n) is 1.45. The van der Waals surface area contributed by atoms with E-state index in [-0.39, 0.29) is 23.9 Å². The molecule has 1 rings (SSSR count). The van der Waals surface area contributed by atoms with Crippen LogP contribution in [-0.4, -0.2) is 15.5 Å². The molecule has 0 bridgehead atoms. The van der Waals surface area contributed by atoms with Crippen molar-refractivity contribution in [3.05, 3.63) is 0 Å². The summed E-state index contributed by atoms with van der Waals surface area (Å²) in [6, 6.07) is 0. The summed E-state index contributed by atoms with van der Waals surface area (Å²) in [5.74, 6) is 0.524. The van der Waals surface area contributed by atoms with Crippen LogP contribution >= 0.6 is 23.2 Å². The standard InChI is InChI=1S/C8H14Cl2O/c1-4(2)7(11)6-5(3)8(6,9)10/h4-7,11H,1-3H3/t5-,6+,7?/m1/s1. The Morgan fingerprint density at radius 3 is 1.82 bits per heavy atom. The smallest absolute Gasteiger partial charge is 0.126 e. The van der Waals surface area contributed by atoms with Gasteiger partial charge in [0.2, 0.25) is 0 Å². The summed E-state index contributed by atoms with van der Waals surface area (Å²) in [6.45, 7) is 5.91. The molecule has 0 heterocycles. The summed E-state index contributed by atoms with van der Waals surface area (Å²) >= 11 is 11.8. The third-order valence-corrected chi connectivity index (χ3v) is 3.72. The molecule has 0 amide bonds. The number of hydrogen-bond donors (Lipinski definition) is 1. The maximum Gasteiger partial charge on any atom is 0.126 e. The van der Waals surface area contributed by atoms with Gasteiger partial charge in [0.25, 0.3) is 0 Å². The van der Waals surface area contributed by atoms with Crippen LogP contribution in [0, 0.1) is 17.8 Å². The first-order chi connectivity index (χ1) is 4.89. The highest BCUT2D eigenvalue weighted by atomic mass is 35.5. The van der Waals surface area contributed by atoms with E-state index in [1.165, 1.54) is 0 Å². The van der Waals surface area contributed by atoms with Gasteiger partial charge in [0.15, 0.2) is 0 Å². The molecule has 0 aromatic rings. The van der Waals surface area contributed by atoms with Crippen molar-refractivity contribution < 1.29 is 5.11 Å². The van der Waals surface area contributed by atoms with Crippen LogP contribution in [0.2, 0.25) is 0 Å². The molecular formula is C8H14Cl2O. The highest BCUT2D eigenvalue weighted by molar-refractivity contribution is 6.51. The summed E-state index contributed by atoms with van der Waals surface area (Å²) in [5.41, 5.74) is 0. The fraction of sp³-hybridized carbons (Fsp3) is 1.00. The topological polar surface area (TPSA) is 20.2 Å². The van der Waals surface area contributed by atoms with Gasteiger partial charge in [-0.05, 0) is 11.8 Å². The predicted molar refractivity (Wildman–Crippen MR) is 47.9 cm³/mol. The highest BCUT2D eigenvalue weighted by Crippen LogP contribution is 2.61. The van der Waals surface area contributed by atoms with Crippen LogP contribution in [0.1, 0.15) is 20.8 Å². The zero-order chi connectivity index (χ0) is 8.81. The summed E-state index contributed by atoms with van der Waals surface area (Å²) in [4.78, 5) is 0. The zero-order valence-corrected chi connectivity index (χ0v) is 8.52. The molecule has 0 spiro atoms. The molecular weight excluding hydrogens is 183 g/mol. The Morgan fingerprint density at radius 2 is 1.73 bits per heavy atom. The molecule has 0 aliphatic heterocycles. The minimum absolute atomic E-state index is 0.0610. The second kappa shape index (κ2) is 2.79. The third-order valence-electron chi connectivity index (χ3n) is 2.53. The molecule has 1 saturated carbocycles. The Bertz CT molecular complexity index is 156. The molecule has 0 aromatic heterocycles. The first kappa shape index (κ1) is 9.63. The quantitative estimate of drug-likeness (QED) is 0.674. The van der Waals surface area contributed by atoms with Crippen molar-refractivity contribution in [2.24, 2.45) is 17.8 Å². The van der Waals surface area contributed by atoms with Crippen LogP contribution in [0.25, 0.3) is 0 Å². The fourth-order valence-corrected chi connectivity index (χ4v) is 2.23. The van der Waals surface area contributed by atoms with Gasteiger partial charge in [0.1, 0.15) is 4.33 Å². The van der Waals surface area contributed by atoms with Gasteiger partial charge < -0.3 is 5.11 Å². The number of rotatable bonds is 2. The van der Waals surface area contributed by atoms with Crippen LogP contribution in [0.4, 0.5) is 0 Å². The molecule has 3 heteroatoms. The predicted octanol–water partition coefficient (Wildman–Crippen LogP) is 2.44. The summed E-state index contributed by atoms with van der Waals surface area (Å²) in [6.07, 6.45) is -0.361. The maximum atomic E-state index is 9.60. The molecule has 0 aromatic carbocycles. The molecule has 1 aliphatic rings. The van der Waals surface area contributed by atoms with Crippen molar-refractivity contribution in [1.29, 1.82) is 0 Å². The zero-order valence-electron chi connectivity index (χ0n) is 7.01. The molecule has 11 heavy (non-hydrogen) atoms. The van der Waals surface area contributed by atoms with Crippen molar-refractivity contribution in [3.63, 3.8) is 0 Å². The van der Waals surface area contributed by atoms with E-state index >= 15 is 0 Å². The normalized spacial score (nSPS) is 37.4. The monoisotopic (exact) mass is 196 g/mol. The van der Waals surface area contributed by atoms with E-state index in [0.717, 1.165) is 0 Å². The molecule has 1 N–H and O–H groups in total. The van der Waals surface area contributed by atoms with Crippen molar-refractivity contribution in [2.45, 2.75) is 31.2 Å². The van der Waals surface area contributed by atoms with E-state index in [0.29, 0.717) is 0 Å². The maximum absolute atomic E-state index is 9.60. The summed E-state index contributed by atoms with van der Waals surface area (Å²) < 4.78 is -0.677. The van der Waals surface area contributed by atoms with Crippen molar-refractivity contribution in [2.75, 3.05) is 0 Å². The van der Waals surface area contributed by atoms with Crippen molar-refractivity contribution >= 4 is 23.2 Å². The minimum Gasteiger partial charge on any atom is -0.392 e. The van der Waals surface area contributed by atoms with Crippen molar-refractivity contribution in [1.82, 2.24) is 0 Å². The molecule has 66 valence electrons. The average molecular weight is 197 g/mol. The first-order valence-electron chi connectivity index (χ1n) is 3.95. The van der Waals surface area contributed by atoms with Crippen LogP contribution in [-0.2, 0) is 0 Å². The van der Waals surface area contributed by atoms with E-state index in [2.05, 4.69) is 0 Å². The van der Waals surface area contributed by atoms with Gasteiger partial charge in [-0.15, -0.1) is 23.2 Å². The van der Waals surface area contributed by atoms with E-state index in [9.17, 15) is 5.11 Å². The molecule has 3 atom stereocenters. The Labute approximate surface area is 77.7 Å². The lowest BCUT2D eigenvalue weighted by Gasteiger charge is -2.13. The van der Waals surface area contributed by atoms with Gasteiger partial charge in [-0.2, -0.15) is 0 Å². The van der Waals surface area contributed by atoms with Gasteiger partial charge >= 0.3 is 0 Å². The second-order valence-corrected chi connectivity index (χ2v) is 5.17. The first-order valence-corrected chi connectivity index (χ1v) is 4.70. The highest BCUT2D eigenvalue weighted by Gasteiger charge is 2.63. The van der Waals surface area contributed by atoms with Crippen LogP contribution in [0.15, 0.2) is 0 Å². The number of hydrogen-bond acceptors (Lipinski definition) is 1. The lowest BCUT2D eigenvalue weighted by molar-refractivity contribution is 0.0979. The van der Waals surface area contributed by atoms with E-state index in [4.69, 9.17) is 23.2 Å². The van der Waals surface area contributed by atoms with Gasteiger partial charge in [-0.3, -0.25) is 0 Å². The van der Waals surface area contributed by atoms with Crippen LogP contribution in [0.3, 0.4) is 0 Å². The molecule has 1 unspecified atom stereocenters. The van der Waals surface area contributed by atoms with Crippen LogP contribution < -0.4 is 0 Å². The van der Waals surface area contributed by atoms with Gasteiger partial charge in [0, 0.05) is 5.92 Å². The molecule has 0 radical (unpaired) electrons. The summed E-state index contributed by atoms with van der Waals surface area (Å²) in [5, 5.41) is 9.60. The Balaban J connectivity index is 2.53. The Morgan fingerprint density at radius 1 is 1.36 bits per heavy atom. The van der Waals surface area contributed by atoms with Gasteiger partial charge in [0.05, 0.1) is 6.10 Å². The lowest BCUT2D eigenvalue weighted by atomic mass is 10.0. The van der Waals surface area contributed by atoms with E-state index in [1.807, 2.05) is 20.8 Å². The largest absolute Gasteiger partial charge is 0.392 e. The molecule has 1 fully saturated rings. The second-order valence-electron chi connectivity index (χ2n) is 3.72. The number of aliphatic hydroxyl groups excluding tert-OH is 1. The molecule has 1 nitrogen and oxygen atoms in total. The van der Waals surface area contributed by atoms with Crippen molar-refractivity contribution in [3.8, 4) is 0 Å².